The molecule has 156 valence electrons. The molecule has 10 heteroatoms. The summed E-state index contributed by atoms with van der Waals surface area (Å²) in [7, 11) is -0.454. The molecule has 2 aromatic carbocycles. The summed E-state index contributed by atoms with van der Waals surface area (Å²) in [4.78, 5) is 0.203. The molecule has 1 aliphatic rings. The zero-order valence-electron chi connectivity index (χ0n) is 16.2. The number of hydrogen-bond donors (Lipinski definition) is 2. The van der Waals surface area contributed by atoms with E-state index in [4.69, 9.17) is 26.4 Å². The molecule has 0 aromatic heterocycles. The van der Waals surface area contributed by atoms with Crippen LogP contribution in [0.5, 0.6) is 11.5 Å². The quantitative estimate of drug-likeness (QED) is 0.667. The van der Waals surface area contributed by atoms with Gasteiger partial charge in [0.15, 0.2) is 5.11 Å². The van der Waals surface area contributed by atoms with Gasteiger partial charge < -0.3 is 24.8 Å². The number of thiocarbonyl (C=S) groups is 1. The predicted octanol–water partition coefficient (Wildman–Crippen LogP) is 2.53. The van der Waals surface area contributed by atoms with E-state index in [9.17, 15) is 8.42 Å². The van der Waals surface area contributed by atoms with Crippen molar-refractivity contribution in [3.8, 4) is 11.5 Å². The minimum atomic E-state index is -3.58. The van der Waals surface area contributed by atoms with Crippen molar-refractivity contribution in [2.45, 2.75) is 4.90 Å². The maximum atomic E-state index is 12.8. The summed E-state index contributed by atoms with van der Waals surface area (Å²) in [6, 6.07) is 11.8. The number of morpholine rings is 1. The first kappa shape index (κ1) is 21.3. The number of anilines is 2. The van der Waals surface area contributed by atoms with Crippen molar-refractivity contribution < 1.29 is 22.6 Å². The molecular formula is C19H23N3O5S2. The average molecular weight is 438 g/mol. The number of ether oxygens (including phenoxy) is 3. The Kier molecular flexibility index (Phi) is 6.91. The molecule has 1 heterocycles. The fourth-order valence-corrected chi connectivity index (χ4v) is 4.54. The lowest BCUT2D eigenvalue weighted by molar-refractivity contribution is 0.0730. The van der Waals surface area contributed by atoms with Crippen molar-refractivity contribution in [3.05, 3.63) is 42.5 Å². The van der Waals surface area contributed by atoms with Crippen LogP contribution in [-0.2, 0) is 14.8 Å². The summed E-state index contributed by atoms with van der Waals surface area (Å²) in [5.74, 6) is 1.23. The summed E-state index contributed by atoms with van der Waals surface area (Å²) < 4.78 is 42.8. The van der Waals surface area contributed by atoms with Crippen LogP contribution in [0.25, 0.3) is 0 Å². The van der Waals surface area contributed by atoms with Gasteiger partial charge in [0.05, 0.1) is 38.0 Å². The monoisotopic (exact) mass is 437 g/mol. The maximum absolute atomic E-state index is 12.8. The lowest BCUT2D eigenvalue weighted by atomic mass is 10.2. The van der Waals surface area contributed by atoms with E-state index in [0.29, 0.717) is 54.3 Å². The number of rotatable bonds is 6. The lowest BCUT2D eigenvalue weighted by Gasteiger charge is -2.26. The predicted molar refractivity (Wildman–Crippen MR) is 115 cm³/mol. The number of sulfonamides is 1. The van der Waals surface area contributed by atoms with Crippen LogP contribution in [0.1, 0.15) is 0 Å². The Morgan fingerprint density at radius 2 is 1.83 bits per heavy atom. The smallest absolute Gasteiger partial charge is 0.243 e. The zero-order valence-corrected chi connectivity index (χ0v) is 17.8. The van der Waals surface area contributed by atoms with Crippen molar-refractivity contribution in [2.75, 3.05) is 51.2 Å². The van der Waals surface area contributed by atoms with E-state index in [2.05, 4.69) is 10.6 Å². The Morgan fingerprint density at radius 3 is 2.52 bits per heavy atom. The van der Waals surface area contributed by atoms with Gasteiger partial charge in [0.2, 0.25) is 10.0 Å². The lowest BCUT2D eigenvalue weighted by Crippen LogP contribution is -2.40. The highest BCUT2D eigenvalue weighted by Gasteiger charge is 2.26. The zero-order chi connectivity index (χ0) is 20.9. The molecular weight excluding hydrogens is 414 g/mol. The molecule has 0 atom stereocenters. The molecule has 1 aliphatic heterocycles. The van der Waals surface area contributed by atoms with E-state index in [-0.39, 0.29) is 4.90 Å². The minimum Gasteiger partial charge on any atom is -0.497 e. The van der Waals surface area contributed by atoms with E-state index in [1.165, 1.54) is 4.31 Å². The second kappa shape index (κ2) is 9.40. The molecule has 0 amide bonds. The van der Waals surface area contributed by atoms with E-state index in [0.717, 1.165) is 0 Å². The Hall–Kier alpha value is -2.40. The molecule has 8 nitrogen and oxygen atoms in total. The SMILES string of the molecule is COc1ccc(NC(=S)Nc2cccc(S(=O)(=O)N3CCOCC3)c2)c(OC)c1. The van der Waals surface area contributed by atoms with Gasteiger partial charge in [-0.15, -0.1) is 0 Å². The summed E-state index contributed by atoms with van der Waals surface area (Å²) in [5, 5.41) is 6.36. The second-order valence-electron chi connectivity index (χ2n) is 6.19. The van der Waals surface area contributed by atoms with Crippen molar-refractivity contribution in [1.29, 1.82) is 0 Å². The molecule has 1 fully saturated rings. The summed E-state index contributed by atoms with van der Waals surface area (Å²) in [5.41, 5.74) is 1.22. The molecule has 3 rings (SSSR count). The summed E-state index contributed by atoms with van der Waals surface area (Å²) in [6.07, 6.45) is 0. The van der Waals surface area contributed by atoms with Gasteiger partial charge in [0.25, 0.3) is 0 Å². The van der Waals surface area contributed by atoms with Gasteiger partial charge in [-0.05, 0) is 42.5 Å². The highest BCUT2D eigenvalue weighted by atomic mass is 32.2. The third kappa shape index (κ3) is 5.15. The normalized spacial score (nSPS) is 14.8. The highest BCUT2D eigenvalue weighted by molar-refractivity contribution is 7.89. The van der Waals surface area contributed by atoms with Gasteiger partial charge in [-0.3, -0.25) is 0 Å². The average Bonchev–Trinajstić information content (AvgIpc) is 2.74. The van der Waals surface area contributed by atoms with Gasteiger partial charge >= 0.3 is 0 Å². The van der Waals surface area contributed by atoms with Crippen LogP contribution in [0.15, 0.2) is 47.4 Å². The number of nitrogens with one attached hydrogen (secondary N) is 2. The molecule has 0 aliphatic carbocycles. The van der Waals surface area contributed by atoms with Crippen LogP contribution in [0, 0.1) is 0 Å². The molecule has 2 aromatic rings. The van der Waals surface area contributed by atoms with Crippen LogP contribution in [0.2, 0.25) is 0 Å². The Balaban J connectivity index is 1.72. The number of hydrogen-bond acceptors (Lipinski definition) is 6. The fraction of sp³-hybridized carbons (Fsp3) is 0.316. The van der Waals surface area contributed by atoms with Crippen molar-refractivity contribution in [1.82, 2.24) is 4.31 Å². The van der Waals surface area contributed by atoms with Crippen molar-refractivity contribution >= 4 is 38.7 Å². The van der Waals surface area contributed by atoms with Gasteiger partial charge in [0.1, 0.15) is 11.5 Å². The van der Waals surface area contributed by atoms with Crippen LogP contribution in [-0.4, -0.2) is 58.4 Å². The Labute approximate surface area is 175 Å². The first-order chi connectivity index (χ1) is 13.9. The van der Waals surface area contributed by atoms with E-state index >= 15 is 0 Å². The summed E-state index contributed by atoms with van der Waals surface area (Å²) in [6.45, 7) is 1.48. The van der Waals surface area contributed by atoms with E-state index < -0.39 is 10.0 Å². The molecule has 29 heavy (non-hydrogen) atoms. The molecule has 0 bridgehead atoms. The van der Waals surface area contributed by atoms with Gasteiger partial charge in [-0.2, -0.15) is 4.31 Å². The molecule has 0 radical (unpaired) electrons. The largest absolute Gasteiger partial charge is 0.497 e. The standard InChI is InChI=1S/C19H23N3O5S2/c1-25-15-6-7-17(18(13-15)26-2)21-19(28)20-14-4-3-5-16(12-14)29(23,24)22-8-10-27-11-9-22/h3-7,12-13H,8-11H2,1-2H3,(H2,20,21,28). The topological polar surface area (TPSA) is 89.1 Å². The molecule has 0 unspecified atom stereocenters. The number of methoxy groups -OCH3 is 2. The Morgan fingerprint density at radius 1 is 1.07 bits per heavy atom. The van der Waals surface area contributed by atoms with Crippen LogP contribution in [0.4, 0.5) is 11.4 Å². The molecule has 2 N–H and O–H groups in total. The first-order valence-electron chi connectivity index (χ1n) is 8.92. The van der Waals surface area contributed by atoms with Crippen LogP contribution >= 0.6 is 12.2 Å². The third-order valence-corrected chi connectivity index (χ3v) is 6.46. The maximum Gasteiger partial charge on any atom is 0.243 e. The van der Waals surface area contributed by atoms with E-state index in [1.807, 2.05) is 0 Å². The number of nitrogens with zero attached hydrogens (tertiary/aromatic N) is 1. The highest BCUT2D eigenvalue weighted by Crippen LogP contribution is 2.29. The second-order valence-corrected chi connectivity index (χ2v) is 8.54. The summed E-state index contributed by atoms with van der Waals surface area (Å²) >= 11 is 5.36. The van der Waals surface area contributed by atoms with Crippen molar-refractivity contribution in [3.63, 3.8) is 0 Å². The molecule has 0 spiro atoms. The van der Waals surface area contributed by atoms with Gasteiger partial charge in [-0.1, -0.05) is 6.07 Å². The van der Waals surface area contributed by atoms with Gasteiger partial charge in [0, 0.05) is 24.8 Å². The molecule has 1 saturated heterocycles. The Bertz CT molecular complexity index is 976. The van der Waals surface area contributed by atoms with Crippen LogP contribution in [0.3, 0.4) is 0 Å². The van der Waals surface area contributed by atoms with Crippen molar-refractivity contribution in [2.24, 2.45) is 0 Å². The van der Waals surface area contributed by atoms with Crippen LogP contribution < -0.4 is 20.1 Å². The first-order valence-corrected chi connectivity index (χ1v) is 10.8. The third-order valence-electron chi connectivity index (χ3n) is 4.36. The number of benzene rings is 2. The fourth-order valence-electron chi connectivity index (χ4n) is 2.86. The molecule has 0 saturated carbocycles. The van der Waals surface area contributed by atoms with E-state index in [1.54, 1.807) is 56.7 Å². The minimum absolute atomic E-state index is 0.203. The van der Waals surface area contributed by atoms with Gasteiger partial charge in [-0.25, -0.2) is 8.42 Å².